The lowest BCUT2D eigenvalue weighted by atomic mass is 10.1. The number of benzene rings is 1. The monoisotopic (exact) mass is 352 g/mol. The van der Waals surface area contributed by atoms with Crippen molar-refractivity contribution in [1.82, 2.24) is 9.88 Å². The van der Waals surface area contributed by atoms with Crippen LogP contribution in [0, 0.1) is 11.6 Å². The molecule has 24 heavy (non-hydrogen) atoms. The number of amides is 1. The van der Waals surface area contributed by atoms with E-state index in [2.05, 4.69) is 4.98 Å². The van der Waals surface area contributed by atoms with Crippen LogP contribution in [-0.2, 0) is 29.0 Å². The van der Waals surface area contributed by atoms with Gasteiger partial charge in [-0.05, 0) is 17.7 Å². The van der Waals surface area contributed by atoms with Crippen molar-refractivity contribution in [2.24, 2.45) is 0 Å². The lowest BCUT2D eigenvalue weighted by Gasteiger charge is -2.24. The summed E-state index contributed by atoms with van der Waals surface area (Å²) in [4.78, 5) is 28.9. The number of rotatable bonds is 3. The van der Waals surface area contributed by atoms with E-state index in [0.717, 1.165) is 34.0 Å². The van der Waals surface area contributed by atoms with Crippen LogP contribution in [0.5, 0.6) is 0 Å². The summed E-state index contributed by atoms with van der Waals surface area (Å²) in [7, 11) is 0. The number of aliphatic carboxylic acids is 1. The van der Waals surface area contributed by atoms with Crippen LogP contribution < -0.4 is 0 Å². The maximum absolute atomic E-state index is 14.3. The third kappa shape index (κ3) is 3.14. The number of fused-ring (bicyclic) bond motifs is 1. The fraction of sp³-hybridized carbons (Fsp3) is 0.312. The first kappa shape index (κ1) is 16.5. The number of carbonyl (C=O) groups excluding carboxylic acids is 1. The summed E-state index contributed by atoms with van der Waals surface area (Å²) in [6.45, 7) is 2.41. The molecule has 0 radical (unpaired) electrons. The molecule has 126 valence electrons. The van der Waals surface area contributed by atoms with Gasteiger partial charge in [0.2, 0.25) is 5.91 Å². The first-order valence-electron chi connectivity index (χ1n) is 7.29. The van der Waals surface area contributed by atoms with Gasteiger partial charge in [0.15, 0.2) is 0 Å². The predicted octanol–water partition coefficient (Wildman–Crippen LogP) is 2.62. The molecule has 1 aliphatic rings. The van der Waals surface area contributed by atoms with Crippen LogP contribution >= 0.6 is 11.3 Å². The number of carbonyl (C=O) groups is 2. The molecule has 0 spiro atoms. The molecule has 5 nitrogen and oxygen atoms in total. The quantitative estimate of drug-likeness (QED) is 0.922. The normalized spacial score (nSPS) is 13.7. The Hall–Kier alpha value is -2.35. The van der Waals surface area contributed by atoms with Gasteiger partial charge >= 0.3 is 5.97 Å². The second-order valence-corrected chi connectivity index (χ2v) is 6.67. The van der Waals surface area contributed by atoms with Crippen LogP contribution in [-0.4, -0.2) is 33.4 Å². The Morgan fingerprint density at radius 1 is 1.33 bits per heavy atom. The van der Waals surface area contributed by atoms with Crippen molar-refractivity contribution in [3.8, 4) is 10.6 Å². The zero-order valence-electron chi connectivity index (χ0n) is 12.8. The van der Waals surface area contributed by atoms with E-state index in [1.165, 1.54) is 6.92 Å². The number of carboxylic acids is 1. The number of nitrogens with zero attached hydrogens (tertiary/aromatic N) is 2. The van der Waals surface area contributed by atoms with Crippen molar-refractivity contribution in [2.45, 2.75) is 26.3 Å². The largest absolute Gasteiger partial charge is 0.481 e. The second-order valence-electron chi connectivity index (χ2n) is 5.58. The van der Waals surface area contributed by atoms with Gasteiger partial charge in [-0.1, -0.05) is 0 Å². The molecule has 1 aliphatic heterocycles. The summed E-state index contributed by atoms with van der Waals surface area (Å²) < 4.78 is 28.6. The van der Waals surface area contributed by atoms with Crippen LogP contribution in [0.15, 0.2) is 12.1 Å². The third-order valence-corrected chi connectivity index (χ3v) is 4.95. The second kappa shape index (κ2) is 6.27. The van der Waals surface area contributed by atoms with Crippen LogP contribution in [0.25, 0.3) is 10.6 Å². The Balaban J connectivity index is 1.96. The predicted molar refractivity (Wildman–Crippen MR) is 83.6 cm³/mol. The molecule has 0 bridgehead atoms. The molecule has 0 aliphatic carbocycles. The van der Waals surface area contributed by atoms with Crippen LogP contribution in [0.3, 0.4) is 0 Å². The number of carboxylic acid groups (broad SMARTS) is 1. The summed E-state index contributed by atoms with van der Waals surface area (Å²) in [5.74, 6) is -2.87. The first-order chi connectivity index (χ1) is 11.3. The summed E-state index contributed by atoms with van der Waals surface area (Å²) in [5.41, 5.74) is 0.559. The molecule has 1 aromatic carbocycles. The molecule has 1 aromatic heterocycles. The highest BCUT2D eigenvalue weighted by atomic mass is 32.1. The summed E-state index contributed by atoms with van der Waals surface area (Å²) in [6, 6.07) is 2.05. The molecule has 3 rings (SSSR count). The van der Waals surface area contributed by atoms with Crippen LogP contribution in [0.4, 0.5) is 8.78 Å². The maximum Gasteiger partial charge on any atom is 0.307 e. The Kier molecular flexibility index (Phi) is 4.31. The van der Waals surface area contributed by atoms with E-state index in [1.807, 2.05) is 0 Å². The van der Waals surface area contributed by atoms with E-state index in [4.69, 9.17) is 5.11 Å². The molecule has 0 saturated carbocycles. The lowest BCUT2D eigenvalue weighted by Crippen LogP contribution is -2.33. The Labute approximate surface area is 140 Å². The molecule has 2 heterocycles. The molecule has 0 fully saturated rings. The molecule has 1 amide bonds. The van der Waals surface area contributed by atoms with E-state index in [-0.39, 0.29) is 22.0 Å². The molecule has 0 atom stereocenters. The average Bonchev–Trinajstić information content (AvgIpc) is 2.87. The topological polar surface area (TPSA) is 70.5 Å². The molecule has 0 saturated heterocycles. The van der Waals surface area contributed by atoms with Gasteiger partial charge < -0.3 is 10.0 Å². The molecular formula is C16H14F2N2O3S. The average molecular weight is 352 g/mol. The minimum atomic E-state index is -1.16. The van der Waals surface area contributed by atoms with Gasteiger partial charge in [-0.25, -0.2) is 13.8 Å². The fourth-order valence-electron chi connectivity index (χ4n) is 2.68. The Morgan fingerprint density at radius 3 is 2.58 bits per heavy atom. The van der Waals surface area contributed by atoms with E-state index < -0.39 is 24.0 Å². The van der Waals surface area contributed by atoms with Gasteiger partial charge in [-0.15, -0.1) is 11.3 Å². The lowest BCUT2D eigenvalue weighted by molar-refractivity contribution is -0.136. The SMILES string of the molecule is CC(=O)N1CCc2nc(-c3c(F)cc(CC(=O)O)cc3F)sc2C1. The van der Waals surface area contributed by atoms with Gasteiger partial charge in [0, 0.05) is 24.8 Å². The van der Waals surface area contributed by atoms with Crippen LogP contribution in [0.1, 0.15) is 23.1 Å². The Bertz CT molecular complexity index is 812. The van der Waals surface area contributed by atoms with Crippen molar-refractivity contribution in [3.63, 3.8) is 0 Å². The minimum absolute atomic E-state index is 0.0500. The van der Waals surface area contributed by atoms with Gasteiger partial charge in [-0.3, -0.25) is 9.59 Å². The smallest absolute Gasteiger partial charge is 0.307 e. The Morgan fingerprint density at radius 2 is 2.00 bits per heavy atom. The number of aromatic nitrogens is 1. The molecule has 2 aromatic rings. The summed E-state index contributed by atoms with van der Waals surface area (Å²) >= 11 is 1.16. The molecular weight excluding hydrogens is 338 g/mol. The van der Waals surface area contributed by atoms with Gasteiger partial charge in [0.25, 0.3) is 0 Å². The molecule has 1 N–H and O–H groups in total. The number of hydrogen-bond donors (Lipinski definition) is 1. The van der Waals surface area contributed by atoms with Gasteiger partial charge in [0.1, 0.15) is 16.6 Å². The third-order valence-electron chi connectivity index (χ3n) is 3.85. The zero-order chi connectivity index (χ0) is 17.4. The highest BCUT2D eigenvalue weighted by Crippen LogP contribution is 2.35. The number of thiazole rings is 1. The van der Waals surface area contributed by atoms with E-state index in [1.54, 1.807) is 4.90 Å². The summed E-state index contributed by atoms with van der Waals surface area (Å²) in [6.07, 6.45) is 0.0990. The molecule has 0 unspecified atom stereocenters. The van der Waals surface area contributed by atoms with Crippen LogP contribution in [0.2, 0.25) is 0 Å². The van der Waals surface area contributed by atoms with E-state index in [0.29, 0.717) is 19.5 Å². The van der Waals surface area contributed by atoms with E-state index in [9.17, 15) is 18.4 Å². The van der Waals surface area contributed by atoms with Crippen molar-refractivity contribution in [3.05, 3.63) is 39.9 Å². The van der Waals surface area contributed by atoms with Crippen molar-refractivity contribution < 1.29 is 23.5 Å². The van der Waals surface area contributed by atoms with Crippen molar-refractivity contribution in [1.29, 1.82) is 0 Å². The van der Waals surface area contributed by atoms with Crippen molar-refractivity contribution in [2.75, 3.05) is 6.54 Å². The highest BCUT2D eigenvalue weighted by Gasteiger charge is 2.25. The minimum Gasteiger partial charge on any atom is -0.481 e. The van der Waals surface area contributed by atoms with Crippen molar-refractivity contribution >= 4 is 23.2 Å². The fourth-order valence-corrected chi connectivity index (χ4v) is 3.85. The summed E-state index contributed by atoms with van der Waals surface area (Å²) in [5, 5.41) is 8.94. The standard InChI is InChI=1S/C16H14F2N2O3S/c1-8(21)20-3-2-12-13(7-20)24-16(19-12)15-10(17)4-9(5-11(15)18)6-14(22)23/h4-5H,2-3,6-7H2,1H3,(H,22,23). The molecule has 8 heteroatoms. The maximum atomic E-state index is 14.3. The number of hydrogen-bond acceptors (Lipinski definition) is 4. The van der Waals surface area contributed by atoms with E-state index >= 15 is 0 Å². The number of halogens is 2. The zero-order valence-corrected chi connectivity index (χ0v) is 13.6. The van der Waals surface area contributed by atoms with Gasteiger partial charge in [-0.2, -0.15) is 0 Å². The highest BCUT2D eigenvalue weighted by molar-refractivity contribution is 7.15. The first-order valence-corrected chi connectivity index (χ1v) is 8.11. The van der Waals surface area contributed by atoms with Gasteiger partial charge in [0.05, 0.1) is 24.2 Å².